The molecule has 7 nitrogen and oxygen atoms in total. The van der Waals surface area contributed by atoms with E-state index in [1.807, 2.05) is 35.2 Å². The lowest BCUT2D eigenvalue weighted by atomic mass is 9.84. The van der Waals surface area contributed by atoms with Crippen LogP contribution in [0.15, 0.2) is 42.7 Å². The van der Waals surface area contributed by atoms with Crippen molar-refractivity contribution >= 4 is 11.7 Å². The van der Waals surface area contributed by atoms with Crippen LogP contribution in [0.4, 0.5) is 10.5 Å². The summed E-state index contributed by atoms with van der Waals surface area (Å²) in [4.78, 5) is 20.9. The second kappa shape index (κ2) is 8.19. The molecular weight excluding hydrogens is 368 g/mol. The van der Waals surface area contributed by atoms with Crippen molar-refractivity contribution in [3.63, 3.8) is 0 Å². The molecule has 1 saturated heterocycles. The number of urea groups is 1. The number of carbonyl (C=O) groups excluding carboxylic acids is 1. The van der Waals surface area contributed by atoms with Gasteiger partial charge in [-0.3, -0.25) is 4.98 Å². The summed E-state index contributed by atoms with van der Waals surface area (Å²) in [7, 11) is 0. The molecule has 1 N–H and O–H groups in total. The summed E-state index contributed by atoms with van der Waals surface area (Å²) < 4.78 is 11.3. The zero-order chi connectivity index (χ0) is 20.3. The number of anilines is 1. The molecule has 3 heterocycles. The quantitative estimate of drug-likeness (QED) is 0.861. The predicted molar refractivity (Wildman–Crippen MR) is 112 cm³/mol. The summed E-state index contributed by atoms with van der Waals surface area (Å²) in [5.74, 6) is 1.56. The molecule has 0 atom stereocenters. The first-order valence-electron chi connectivity index (χ1n) is 10.1. The average molecular weight is 396 g/mol. The summed E-state index contributed by atoms with van der Waals surface area (Å²) >= 11 is 0. The maximum absolute atomic E-state index is 12.7. The van der Waals surface area contributed by atoms with Gasteiger partial charge in [-0.25, -0.2) is 4.79 Å². The number of pyridine rings is 1. The zero-order valence-electron chi connectivity index (χ0n) is 17.1. The molecule has 0 spiro atoms. The molecule has 2 aliphatic heterocycles. The minimum Gasteiger partial charge on any atom is -0.486 e. The molecule has 4 rings (SSSR count). The Kier molecular flexibility index (Phi) is 5.47. The van der Waals surface area contributed by atoms with E-state index < -0.39 is 0 Å². The summed E-state index contributed by atoms with van der Waals surface area (Å²) in [5.41, 5.74) is 2.05. The van der Waals surface area contributed by atoms with E-state index in [2.05, 4.69) is 29.0 Å². The van der Waals surface area contributed by atoms with Crippen LogP contribution in [0.25, 0.3) is 0 Å². The van der Waals surface area contributed by atoms with Gasteiger partial charge in [-0.1, -0.05) is 19.9 Å². The second-order valence-corrected chi connectivity index (χ2v) is 8.08. The van der Waals surface area contributed by atoms with Gasteiger partial charge >= 0.3 is 6.03 Å². The van der Waals surface area contributed by atoms with Crippen LogP contribution in [-0.4, -0.2) is 61.9 Å². The number of rotatable bonds is 4. The Morgan fingerprint density at radius 3 is 2.45 bits per heavy atom. The molecule has 0 aliphatic carbocycles. The van der Waals surface area contributed by atoms with Crippen LogP contribution in [0.5, 0.6) is 11.5 Å². The number of hydrogen-bond acceptors (Lipinski definition) is 5. The zero-order valence-corrected chi connectivity index (χ0v) is 17.1. The molecule has 1 aromatic heterocycles. The van der Waals surface area contributed by atoms with E-state index in [9.17, 15) is 4.79 Å². The topological polar surface area (TPSA) is 66.9 Å². The fourth-order valence-electron chi connectivity index (χ4n) is 3.70. The summed E-state index contributed by atoms with van der Waals surface area (Å²) in [6, 6.07) is 10.0. The minimum atomic E-state index is -0.218. The highest BCUT2D eigenvalue weighted by molar-refractivity contribution is 5.74. The van der Waals surface area contributed by atoms with Gasteiger partial charge in [-0.05, 0) is 29.8 Å². The SMILES string of the molecule is CC(C)(CNC(=O)N1CCN(c2ccncc2)CC1)c1ccc2c(c1)OCCO2. The molecule has 29 heavy (non-hydrogen) atoms. The van der Waals surface area contributed by atoms with Crippen molar-refractivity contribution in [2.45, 2.75) is 19.3 Å². The third-order valence-electron chi connectivity index (χ3n) is 5.60. The average Bonchev–Trinajstić information content (AvgIpc) is 2.78. The fourth-order valence-corrected chi connectivity index (χ4v) is 3.70. The molecule has 0 bridgehead atoms. The largest absolute Gasteiger partial charge is 0.486 e. The first-order valence-corrected chi connectivity index (χ1v) is 10.1. The van der Waals surface area contributed by atoms with Gasteiger partial charge in [0, 0.05) is 56.2 Å². The molecule has 154 valence electrons. The number of piperazine rings is 1. The van der Waals surface area contributed by atoms with Crippen molar-refractivity contribution in [1.82, 2.24) is 15.2 Å². The normalized spacial score (nSPS) is 16.5. The molecule has 2 aliphatic rings. The first-order chi connectivity index (χ1) is 14.0. The predicted octanol–water partition coefficient (Wildman–Crippen LogP) is 2.66. The van der Waals surface area contributed by atoms with Crippen molar-refractivity contribution in [3.8, 4) is 11.5 Å². The summed E-state index contributed by atoms with van der Waals surface area (Å²) in [6.07, 6.45) is 3.60. The van der Waals surface area contributed by atoms with Gasteiger partial charge in [-0.15, -0.1) is 0 Å². The standard InChI is InChI=1S/C22H28N4O3/c1-22(2,17-3-4-19-20(15-17)29-14-13-28-19)16-24-21(27)26-11-9-25(10-12-26)18-5-7-23-8-6-18/h3-8,15H,9-14,16H2,1-2H3,(H,24,27). The van der Waals surface area contributed by atoms with Crippen LogP contribution >= 0.6 is 0 Å². The number of amides is 2. The van der Waals surface area contributed by atoms with Crippen LogP contribution in [0.2, 0.25) is 0 Å². The van der Waals surface area contributed by atoms with E-state index in [1.54, 1.807) is 12.4 Å². The third kappa shape index (κ3) is 4.39. The Hall–Kier alpha value is -2.96. The third-order valence-corrected chi connectivity index (χ3v) is 5.60. The second-order valence-electron chi connectivity index (χ2n) is 8.08. The lowest BCUT2D eigenvalue weighted by Gasteiger charge is -2.36. The number of benzene rings is 1. The Bertz CT molecular complexity index is 848. The van der Waals surface area contributed by atoms with Crippen molar-refractivity contribution in [1.29, 1.82) is 0 Å². The molecule has 1 fully saturated rings. The lowest BCUT2D eigenvalue weighted by molar-refractivity contribution is 0.171. The Morgan fingerprint density at radius 1 is 1.03 bits per heavy atom. The lowest BCUT2D eigenvalue weighted by Crippen LogP contribution is -2.53. The van der Waals surface area contributed by atoms with Crippen molar-refractivity contribution in [2.24, 2.45) is 0 Å². The minimum absolute atomic E-state index is 0.00926. The van der Waals surface area contributed by atoms with Gasteiger partial charge < -0.3 is 24.6 Å². The highest BCUT2D eigenvalue weighted by Crippen LogP contribution is 2.34. The number of nitrogens with zero attached hydrogens (tertiary/aromatic N) is 3. The monoisotopic (exact) mass is 396 g/mol. The molecule has 0 radical (unpaired) electrons. The van der Waals surface area contributed by atoms with E-state index in [-0.39, 0.29) is 11.4 Å². The molecule has 2 amide bonds. The van der Waals surface area contributed by atoms with E-state index >= 15 is 0 Å². The van der Waals surface area contributed by atoms with Crippen molar-refractivity contribution < 1.29 is 14.3 Å². The van der Waals surface area contributed by atoms with Crippen LogP contribution in [0, 0.1) is 0 Å². The van der Waals surface area contributed by atoms with Gasteiger partial charge in [-0.2, -0.15) is 0 Å². The molecule has 0 saturated carbocycles. The van der Waals surface area contributed by atoms with Crippen LogP contribution in [-0.2, 0) is 5.41 Å². The van der Waals surface area contributed by atoms with Gasteiger partial charge in [0.05, 0.1) is 0 Å². The van der Waals surface area contributed by atoms with E-state index in [0.29, 0.717) is 32.8 Å². The fraction of sp³-hybridized carbons (Fsp3) is 0.455. The summed E-state index contributed by atoms with van der Waals surface area (Å²) in [5, 5.41) is 3.11. The van der Waals surface area contributed by atoms with E-state index in [0.717, 1.165) is 35.8 Å². The van der Waals surface area contributed by atoms with Crippen LogP contribution in [0.1, 0.15) is 19.4 Å². The Morgan fingerprint density at radius 2 is 1.72 bits per heavy atom. The summed E-state index contributed by atoms with van der Waals surface area (Å²) in [6.45, 7) is 9.01. The Labute approximate surface area is 171 Å². The number of aromatic nitrogens is 1. The first kappa shape index (κ1) is 19.4. The van der Waals surface area contributed by atoms with E-state index in [4.69, 9.17) is 9.47 Å². The van der Waals surface area contributed by atoms with Crippen molar-refractivity contribution in [3.05, 3.63) is 48.3 Å². The number of hydrogen-bond donors (Lipinski definition) is 1. The van der Waals surface area contributed by atoms with Crippen LogP contribution < -0.4 is 19.7 Å². The van der Waals surface area contributed by atoms with Gasteiger partial charge in [0.15, 0.2) is 11.5 Å². The van der Waals surface area contributed by atoms with Crippen molar-refractivity contribution in [2.75, 3.05) is 50.8 Å². The van der Waals surface area contributed by atoms with Gasteiger partial charge in [0.1, 0.15) is 13.2 Å². The highest BCUT2D eigenvalue weighted by atomic mass is 16.6. The number of carbonyl (C=O) groups is 1. The number of fused-ring (bicyclic) bond motifs is 1. The Balaban J connectivity index is 1.31. The van der Waals surface area contributed by atoms with Crippen LogP contribution in [0.3, 0.4) is 0 Å². The highest BCUT2D eigenvalue weighted by Gasteiger charge is 2.26. The number of nitrogens with one attached hydrogen (secondary N) is 1. The molecule has 7 heteroatoms. The maximum atomic E-state index is 12.7. The molecule has 0 unspecified atom stereocenters. The molecular formula is C22H28N4O3. The molecule has 2 aromatic rings. The maximum Gasteiger partial charge on any atom is 0.317 e. The van der Waals surface area contributed by atoms with E-state index in [1.165, 1.54) is 0 Å². The van der Waals surface area contributed by atoms with Gasteiger partial charge in [0.25, 0.3) is 0 Å². The molecule has 1 aromatic carbocycles. The number of ether oxygens (including phenoxy) is 2. The van der Waals surface area contributed by atoms with Gasteiger partial charge in [0.2, 0.25) is 0 Å². The smallest absolute Gasteiger partial charge is 0.317 e.